The standard InChI is InChI=1S/C11H17N3O/c1-5-11(15)10(13(2)3)6-9-7-12-8-14(9)4/h5,7-8,10H,1,6H2,2-4H3. The van der Waals surface area contributed by atoms with Gasteiger partial charge in [0.25, 0.3) is 0 Å². The summed E-state index contributed by atoms with van der Waals surface area (Å²) < 4.78 is 1.92. The second-order valence-electron chi connectivity index (χ2n) is 3.79. The van der Waals surface area contributed by atoms with E-state index in [1.54, 1.807) is 12.5 Å². The Morgan fingerprint density at radius 1 is 1.73 bits per heavy atom. The van der Waals surface area contributed by atoms with E-state index in [0.717, 1.165) is 5.69 Å². The molecule has 0 fully saturated rings. The summed E-state index contributed by atoms with van der Waals surface area (Å²) >= 11 is 0. The van der Waals surface area contributed by atoms with Gasteiger partial charge in [0, 0.05) is 25.4 Å². The van der Waals surface area contributed by atoms with E-state index in [-0.39, 0.29) is 11.8 Å². The number of hydrogen-bond donors (Lipinski definition) is 0. The van der Waals surface area contributed by atoms with Crippen molar-refractivity contribution in [1.82, 2.24) is 14.5 Å². The van der Waals surface area contributed by atoms with Gasteiger partial charge in [0.15, 0.2) is 5.78 Å². The highest BCUT2D eigenvalue weighted by atomic mass is 16.1. The number of imidazole rings is 1. The average molecular weight is 207 g/mol. The van der Waals surface area contributed by atoms with Crippen LogP contribution >= 0.6 is 0 Å². The number of likely N-dealkylation sites (N-methyl/N-ethyl adjacent to an activating group) is 1. The van der Waals surface area contributed by atoms with E-state index in [2.05, 4.69) is 11.6 Å². The maximum Gasteiger partial charge on any atom is 0.172 e. The Labute approximate surface area is 90.2 Å². The summed E-state index contributed by atoms with van der Waals surface area (Å²) in [6.07, 6.45) is 5.56. The summed E-state index contributed by atoms with van der Waals surface area (Å²) in [6, 6.07) is -0.155. The van der Waals surface area contributed by atoms with Gasteiger partial charge in [0.2, 0.25) is 0 Å². The van der Waals surface area contributed by atoms with E-state index in [4.69, 9.17) is 0 Å². The molecule has 1 rings (SSSR count). The number of rotatable bonds is 5. The Morgan fingerprint density at radius 2 is 2.40 bits per heavy atom. The van der Waals surface area contributed by atoms with E-state index in [1.807, 2.05) is 30.6 Å². The van der Waals surface area contributed by atoms with Crippen LogP contribution in [-0.4, -0.2) is 40.4 Å². The summed E-state index contributed by atoms with van der Waals surface area (Å²) in [5.41, 5.74) is 1.05. The molecule has 0 aliphatic carbocycles. The van der Waals surface area contributed by atoms with Crippen LogP contribution in [-0.2, 0) is 18.3 Å². The molecule has 0 saturated carbocycles. The summed E-state index contributed by atoms with van der Waals surface area (Å²) in [5, 5.41) is 0. The number of carbonyl (C=O) groups is 1. The predicted molar refractivity (Wildman–Crippen MR) is 59.6 cm³/mol. The first-order valence-corrected chi connectivity index (χ1v) is 4.84. The van der Waals surface area contributed by atoms with Crippen LogP contribution in [0.2, 0.25) is 0 Å². The molecule has 1 aromatic rings. The maximum absolute atomic E-state index is 11.6. The van der Waals surface area contributed by atoms with Gasteiger partial charge in [-0.25, -0.2) is 4.98 Å². The van der Waals surface area contributed by atoms with Gasteiger partial charge in [-0.2, -0.15) is 0 Å². The Kier molecular flexibility index (Phi) is 3.80. The molecule has 1 atom stereocenters. The zero-order chi connectivity index (χ0) is 11.4. The van der Waals surface area contributed by atoms with Gasteiger partial charge in [-0.1, -0.05) is 6.58 Å². The molecular weight excluding hydrogens is 190 g/mol. The summed E-state index contributed by atoms with van der Waals surface area (Å²) in [5.74, 6) is 0.0428. The van der Waals surface area contributed by atoms with E-state index >= 15 is 0 Å². The lowest BCUT2D eigenvalue weighted by molar-refractivity contribution is -0.118. The van der Waals surface area contributed by atoms with Gasteiger partial charge in [-0.3, -0.25) is 9.69 Å². The molecule has 0 aliphatic rings. The van der Waals surface area contributed by atoms with Crippen molar-refractivity contribution in [2.75, 3.05) is 14.1 Å². The highest BCUT2D eigenvalue weighted by Crippen LogP contribution is 2.07. The third-order valence-electron chi connectivity index (χ3n) is 2.47. The minimum atomic E-state index is -0.155. The molecule has 4 heteroatoms. The van der Waals surface area contributed by atoms with Crippen LogP contribution < -0.4 is 0 Å². The Morgan fingerprint density at radius 3 is 2.80 bits per heavy atom. The number of nitrogens with zero attached hydrogens (tertiary/aromatic N) is 3. The minimum Gasteiger partial charge on any atom is -0.338 e. The van der Waals surface area contributed by atoms with Crippen LogP contribution in [0.25, 0.3) is 0 Å². The fourth-order valence-electron chi connectivity index (χ4n) is 1.45. The number of hydrogen-bond acceptors (Lipinski definition) is 3. The van der Waals surface area contributed by atoms with Crippen molar-refractivity contribution in [2.24, 2.45) is 7.05 Å². The molecule has 0 bridgehead atoms. The van der Waals surface area contributed by atoms with Crippen LogP contribution in [0, 0.1) is 0 Å². The van der Waals surface area contributed by atoms with Crippen molar-refractivity contribution in [3.8, 4) is 0 Å². The maximum atomic E-state index is 11.6. The second kappa shape index (κ2) is 4.89. The van der Waals surface area contributed by atoms with Crippen molar-refractivity contribution in [3.05, 3.63) is 30.9 Å². The number of ketones is 1. The van der Waals surface area contributed by atoms with Gasteiger partial charge in [-0.05, 0) is 20.2 Å². The summed E-state index contributed by atoms with van der Waals surface area (Å²) in [4.78, 5) is 17.5. The lowest BCUT2D eigenvalue weighted by atomic mass is 10.1. The molecule has 1 heterocycles. The fraction of sp³-hybridized carbons (Fsp3) is 0.455. The fourth-order valence-corrected chi connectivity index (χ4v) is 1.45. The van der Waals surface area contributed by atoms with Crippen LogP contribution in [0.15, 0.2) is 25.2 Å². The zero-order valence-corrected chi connectivity index (χ0v) is 9.47. The van der Waals surface area contributed by atoms with E-state index < -0.39 is 0 Å². The molecule has 15 heavy (non-hydrogen) atoms. The lowest BCUT2D eigenvalue weighted by Gasteiger charge is -2.21. The minimum absolute atomic E-state index is 0.0428. The number of aryl methyl sites for hydroxylation is 1. The van der Waals surface area contributed by atoms with Crippen molar-refractivity contribution in [2.45, 2.75) is 12.5 Å². The second-order valence-corrected chi connectivity index (χ2v) is 3.79. The molecule has 82 valence electrons. The van der Waals surface area contributed by atoms with Crippen LogP contribution in [0.5, 0.6) is 0 Å². The van der Waals surface area contributed by atoms with Crippen LogP contribution in [0.4, 0.5) is 0 Å². The first-order valence-electron chi connectivity index (χ1n) is 4.84. The Balaban J connectivity index is 2.80. The molecule has 0 aromatic carbocycles. The highest BCUT2D eigenvalue weighted by Gasteiger charge is 2.19. The highest BCUT2D eigenvalue weighted by molar-refractivity contribution is 5.93. The molecule has 0 saturated heterocycles. The summed E-state index contributed by atoms with van der Waals surface area (Å²) in [7, 11) is 5.71. The van der Waals surface area contributed by atoms with Gasteiger partial charge in [0.1, 0.15) is 0 Å². The van der Waals surface area contributed by atoms with Crippen molar-refractivity contribution in [1.29, 1.82) is 0 Å². The lowest BCUT2D eigenvalue weighted by Crippen LogP contribution is -2.37. The Hall–Kier alpha value is -1.42. The molecule has 0 aliphatic heterocycles. The Bertz CT molecular complexity index is 354. The van der Waals surface area contributed by atoms with Crippen molar-refractivity contribution in [3.63, 3.8) is 0 Å². The van der Waals surface area contributed by atoms with Crippen molar-refractivity contribution >= 4 is 5.78 Å². The van der Waals surface area contributed by atoms with Gasteiger partial charge >= 0.3 is 0 Å². The van der Waals surface area contributed by atoms with Crippen LogP contribution in [0.1, 0.15) is 5.69 Å². The van der Waals surface area contributed by atoms with Gasteiger partial charge in [-0.15, -0.1) is 0 Å². The molecule has 0 radical (unpaired) electrons. The molecule has 0 amide bonds. The van der Waals surface area contributed by atoms with Crippen LogP contribution in [0.3, 0.4) is 0 Å². The first kappa shape index (κ1) is 11.7. The summed E-state index contributed by atoms with van der Waals surface area (Å²) in [6.45, 7) is 3.52. The molecule has 0 spiro atoms. The van der Waals surface area contributed by atoms with E-state index in [1.165, 1.54) is 6.08 Å². The van der Waals surface area contributed by atoms with Gasteiger partial charge in [0.05, 0.1) is 12.4 Å². The molecular formula is C11H17N3O. The van der Waals surface area contributed by atoms with Gasteiger partial charge < -0.3 is 4.57 Å². The number of carbonyl (C=O) groups excluding carboxylic acids is 1. The quantitative estimate of drug-likeness (QED) is 0.665. The van der Waals surface area contributed by atoms with Crippen molar-refractivity contribution < 1.29 is 4.79 Å². The van der Waals surface area contributed by atoms with E-state index in [9.17, 15) is 4.79 Å². The normalized spacial score (nSPS) is 12.8. The largest absolute Gasteiger partial charge is 0.338 e. The topological polar surface area (TPSA) is 38.1 Å². The average Bonchev–Trinajstić information content (AvgIpc) is 2.59. The third-order valence-corrected chi connectivity index (χ3v) is 2.47. The monoisotopic (exact) mass is 207 g/mol. The smallest absolute Gasteiger partial charge is 0.172 e. The SMILES string of the molecule is C=CC(=O)C(Cc1cncn1C)N(C)C. The number of aromatic nitrogens is 2. The molecule has 4 nitrogen and oxygen atoms in total. The first-order chi connectivity index (χ1) is 7.06. The predicted octanol–water partition coefficient (Wildman–Crippen LogP) is 0.648. The molecule has 1 aromatic heterocycles. The third kappa shape index (κ3) is 2.76. The molecule has 1 unspecified atom stereocenters. The van der Waals surface area contributed by atoms with E-state index in [0.29, 0.717) is 6.42 Å². The zero-order valence-electron chi connectivity index (χ0n) is 9.47. The molecule has 0 N–H and O–H groups in total.